The third-order valence-electron chi connectivity index (χ3n) is 3.18. The average molecular weight is 335 g/mol. The summed E-state index contributed by atoms with van der Waals surface area (Å²) >= 11 is 5.85. The van der Waals surface area contributed by atoms with Crippen LogP contribution in [-0.2, 0) is 0 Å². The molecule has 6 heteroatoms. The minimum atomic E-state index is -0.184. The monoisotopic (exact) mass is 334 g/mol. The van der Waals surface area contributed by atoms with Crippen LogP contribution in [0.5, 0.6) is 11.6 Å². The maximum Gasteiger partial charge on any atom is 0.256 e. The molecule has 0 saturated heterocycles. The van der Waals surface area contributed by atoms with Gasteiger partial charge in [0.15, 0.2) is 0 Å². The molecule has 2 N–H and O–H groups in total. The zero-order valence-electron chi connectivity index (χ0n) is 13.3. The predicted molar refractivity (Wildman–Crippen MR) is 90.4 cm³/mol. The van der Waals surface area contributed by atoms with Gasteiger partial charge >= 0.3 is 0 Å². The van der Waals surface area contributed by atoms with Crippen LogP contribution in [0.25, 0.3) is 0 Å². The van der Waals surface area contributed by atoms with E-state index in [1.807, 2.05) is 0 Å². The molecule has 1 aromatic heterocycles. The van der Waals surface area contributed by atoms with E-state index in [4.69, 9.17) is 16.3 Å². The number of aromatic nitrogens is 1. The first kappa shape index (κ1) is 17.2. The lowest BCUT2D eigenvalue weighted by Crippen LogP contribution is -3.05. The lowest BCUT2D eigenvalue weighted by Gasteiger charge is -2.11. The Labute approximate surface area is 141 Å². The van der Waals surface area contributed by atoms with Gasteiger partial charge in [-0.2, -0.15) is 0 Å². The van der Waals surface area contributed by atoms with Crippen molar-refractivity contribution in [2.24, 2.45) is 0 Å². The molecule has 23 heavy (non-hydrogen) atoms. The molecule has 2 rings (SSSR count). The summed E-state index contributed by atoms with van der Waals surface area (Å²) in [6, 6.07) is 10.3. The highest BCUT2D eigenvalue weighted by atomic mass is 35.5. The number of amides is 1. The number of ether oxygens (including phenoxy) is 1. The number of pyridine rings is 1. The zero-order chi connectivity index (χ0) is 16.7. The Morgan fingerprint density at radius 2 is 2.00 bits per heavy atom. The first-order valence-corrected chi connectivity index (χ1v) is 7.89. The quantitative estimate of drug-likeness (QED) is 0.759. The van der Waals surface area contributed by atoms with E-state index in [2.05, 4.69) is 24.4 Å². The van der Waals surface area contributed by atoms with Gasteiger partial charge in [-0.3, -0.25) is 4.79 Å². The number of nitrogens with zero attached hydrogens (tertiary/aromatic N) is 1. The first-order valence-electron chi connectivity index (χ1n) is 7.52. The summed E-state index contributed by atoms with van der Waals surface area (Å²) in [5, 5.41) is 3.52. The van der Waals surface area contributed by atoms with Crippen molar-refractivity contribution in [1.82, 2.24) is 10.3 Å². The Bertz CT molecular complexity index is 645. The summed E-state index contributed by atoms with van der Waals surface area (Å²) in [6.07, 6.45) is 2.51. The molecule has 0 aliphatic carbocycles. The summed E-state index contributed by atoms with van der Waals surface area (Å²) in [5.41, 5.74) is 0.416. The standard InChI is InChI=1S/C17H20ClN3O2/c1-21(2)12-4-11-19-16(22)15-5-3-10-20-17(15)23-14-8-6-13(18)7-9-14/h3,5-10H,4,11-12H2,1-2H3,(H,19,22)/p+1. The molecule has 1 aromatic carbocycles. The summed E-state index contributed by atoms with van der Waals surface area (Å²) in [7, 11) is 4.17. The molecule has 0 saturated carbocycles. The van der Waals surface area contributed by atoms with Crippen LogP contribution in [0.1, 0.15) is 16.8 Å². The molecule has 122 valence electrons. The predicted octanol–water partition coefficient (Wildman–Crippen LogP) is 1.79. The Morgan fingerprint density at radius 1 is 1.26 bits per heavy atom. The van der Waals surface area contributed by atoms with Crippen LogP contribution < -0.4 is 15.0 Å². The molecule has 0 aliphatic heterocycles. The second kappa shape index (κ2) is 8.50. The molecular formula is C17H21ClN3O2+. The van der Waals surface area contributed by atoms with Crippen molar-refractivity contribution in [3.63, 3.8) is 0 Å². The Hall–Kier alpha value is -2.11. The van der Waals surface area contributed by atoms with Crippen molar-refractivity contribution in [1.29, 1.82) is 0 Å². The van der Waals surface area contributed by atoms with Gasteiger partial charge in [0.05, 0.1) is 20.6 Å². The van der Waals surface area contributed by atoms with Crippen LogP contribution in [0.4, 0.5) is 0 Å². The minimum Gasteiger partial charge on any atom is -0.438 e. The Kier molecular flexibility index (Phi) is 6.38. The number of nitrogens with one attached hydrogen (secondary N) is 2. The number of rotatable bonds is 7. The van der Waals surface area contributed by atoms with E-state index in [-0.39, 0.29) is 11.8 Å². The maximum atomic E-state index is 12.3. The molecule has 5 nitrogen and oxygen atoms in total. The van der Waals surface area contributed by atoms with Gasteiger partial charge in [0, 0.05) is 24.2 Å². The van der Waals surface area contributed by atoms with Crippen LogP contribution in [0.15, 0.2) is 42.6 Å². The molecular weight excluding hydrogens is 314 g/mol. The summed E-state index contributed by atoms with van der Waals surface area (Å²) < 4.78 is 5.70. The zero-order valence-corrected chi connectivity index (χ0v) is 14.1. The summed E-state index contributed by atoms with van der Waals surface area (Å²) in [6.45, 7) is 1.63. The van der Waals surface area contributed by atoms with Crippen molar-refractivity contribution in [2.45, 2.75) is 6.42 Å². The highest BCUT2D eigenvalue weighted by molar-refractivity contribution is 6.30. The van der Waals surface area contributed by atoms with Gasteiger partial charge in [-0.1, -0.05) is 11.6 Å². The second-order valence-corrected chi connectivity index (χ2v) is 5.92. The van der Waals surface area contributed by atoms with Gasteiger partial charge < -0.3 is 15.0 Å². The first-order chi connectivity index (χ1) is 11.1. The number of halogens is 1. The third-order valence-corrected chi connectivity index (χ3v) is 3.44. The smallest absolute Gasteiger partial charge is 0.256 e. The van der Waals surface area contributed by atoms with Crippen molar-refractivity contribution < 1.29 is 14.4 Å². The van der Waals surface area contributed by atoms with Gasteiger partial charge in [0.25, 0.3) is 5.91 Å². The maximum absolute atomic E-state index is 12.3. The normalized spacial score (nSPS) is 10.6. The molecule has 0 unspecified atom stereocenters. The third kappa shape index (κ3) is 5.54. The van der Waals surface area contributed by atoms with E-state index >= 15 is 0 Å². The Balaban J connectivity index is 2.01. The van der Waals surface area contributed by atoms with Gasteiger partial charge in [-0.25, -0.2) is 4.98 Å². The second-order valence-electron chi connectivity index (χ2n) is 5.48. The van der Waals surface area contributed by atoms with Crippen molar-refractivity contribution in [2.75, 3.05) is 27.2 Å². The lowest BCUT2D eigenvalue weighted by molar-refractivity contribution is -0.858. The molecule has 0 aliphatic rings. The molecule has 0 atom stereocenters. The average Bonchev–Trinajstić information content (AvgIpc) is 2.54. The fraction of sp³-hybridized carbons (Fsp3) is 0.294. The molecule has 0 spiro atoms. The van der Waals surface area contributed by atoms with Crippen LogP contribution in [0.2, 0.25) is 5.02 Å². The fourth-order valence-electron chi connectivity index (χ4n) is 2.00. The fourth-order valence-corrected chi connectivity index (χ4v) is 2.12. The molecule has 1 amide bonds. The van der Waals surface area contributed by atoms with E-state index in [0.29, 0.717) is 22.9 Å². The number of benzene rings is 1. The molecule has 0 bridgehead atoms. The molecule has 2 aromatic rings. The summed E-state index contributed by atoms with van der Waals surface area (Å²) in [5.74, 6) is 0.680. The highest BCUT2D eigenvalue weighted by Crippen LogP contribution is 2.24. The summed E-state index contributed by atoms with van der Waals surface area (Å²) in [4.78, 5) is 17.8. The van der Waals surface area contributed by atoms with Crippen LogP contribution in [0, 0.1) is 0 Å². The Morgan fingerprint density at radius 3 is 2.70 bits per heavy atom. The van der Waals surface area contributed by atoms with E-state index in [0.717, 1.165) is 13.0 Å². The van der Waals surface area contributed by atoms with Gasteiger partial charge in [0.1, 0.15) is 11.3 Å². The highest BCUT2D eigenvalue weighted by Gasteiger charge is 2.14. The van der Waals surface area contributed by atoms with E-state index in [1.54, 1.807) is 42.6 Å². The number of hydrogen-bond donors (Lipinski definition) is 2. The van der Waals surface area contributed by atoms with Gasteiger partial charge in [-0.15, -0.1) is 0 Å². The van der Waals surface area contributed by atoms with Crippen LogP contribution in [0.3, 0.4) is 0 Å². The molecule has 0 fully saturated rings. The number of hydrogen-bond acceptors (Lipinski definition) is 3. The lowest BCUT2D eigenvalue weighted by atomic mass is 10.2. The van der Waals surface area contributed by atoms with Crippen molar-refractivity contribution >= 4 is 17.5 Å². The molecule has 0 radical (unpaired) electrons. The minimum absolute atomic E-state index is 0.184. The van der Waals surface area contributed by atoms with Crippen molar-refractivity contribution in [3.05, 3.63) is 53.2 Å². The van der Waals surface area contributed by atoms with Gasteiger partial charge in [-0.05, 0) is 36.4 Å². The SMILES string of the molecule is C[NH+](C)CCCNC(=O)c1cccnc1Oc1ccc(Cl)cc1. The van der Waals surface area contributed by atoms with E-state index in [1.165, 1.54) is 4.90 Å². The van der Waals surface area contributed by atoms with Crippen LogP contribution in [-0.4, -0.2) is 38.1 Å². The number of quaternary nitrogens is 1. The van der Waals surface area contributed by atoms with Gasteiger partial charge in [0.2, 0.25) is 5.88 Å². The number of carbonyl (C=O) groups is 1. The molecule has 1 heterocycles. The number of carbonyl (C=O) groups excluding carboxylic acids is 1. The van der Waals surface area contributed by atoms with E-state index < -0.39 is 0 Å². The van der Waals surface area contributed by atoms with E-state index in [9.17, 15) is 4.79 Å². The topological polar surface area (TPSA) is 55.7 Å². The van der Waals surface area contributed by atoms with Crippen molar-refractivity contribution in [3.8, 4) is 11.6 Å². The van der Waals surface area contributed by atoms with Crippen LogP contribution >= 0.6 is 11.6 Å². The largest absolute Gasteiger partial charge is 0.438 e.